The Morgan fingerprint density at radius 1 is 1.25 bits per heavy atom. The van der Waals surface area contributed by atoms with Crippen molar-refractivity contribution in [3.63, 3.8) is 0 Å². The lowest BCUT2D eigenvalue weighted by Gasteiger charge is -2.45. The Morgan fingerprint density at radius 3 is 2.75 bits per heavy atom. The molecular formula is C17H34N2O. The van der Waals surface area contributed by atoms with Crippen molar-refractivity contribution in [3.8, 4) is 0 Å². The fourth-order valence-corrected chi connectivity index (χ4v) is 4.01. The Hall–Kier alpha value is -0.120. The highest BCUT2D eigenvalue weighted by molar-refractivity contribution is 4.94. The van der Waals surface area contributed by atoms with Gasteiger partial charge in [-0.2, -0.15) is 0 Å². The minimum absolute atomic E-state index is 0.390. The molecule has 0 radical (unpaired) electrons. The summed E-state index contributed by atoms with van der Waals surface area (Å²) in [5.74, 6) is 0.875. The van der Waals surface area contributed by atoms with Gasteiger partial charge in [0.1, 0.15) is 0 Å². The average molecular weight is 282 g/mol. The number of nitrogens with one attached hydrogen (secondary N) is 1. The van der Waals surface area contributed by atoms with Gasteiger partial charge in [-0.05, 0) is 65.1 Å². The summed E-state index contributed by atoms with van der Waals surface area (Å²) in [4.78, 5) is 2.47. The number of ether oxygens (including phenoxy) is 1. The largest absolute Gasteiger partial charge is 0.378 e. The summed E-state index contributed by atoms with van der Waals surface area (Å²) in [6.45, 7) is 5.69. The van der Waals surface area contributed by atoms with E-state index < -0.39 is 0 Å². The predicted octanol–water partition coefficient (Wildman–Crippen LogP) is 3.05. The molecule has 1 heterocycles. The predicted molar refractivity (Wildman–Crippen MR) is 85.1 cm³/mol. The van der Waals surface area contributed by atoms with Crippen LogP contribution in [0.25, 0.3) is 0 Å². The molecule has 2 aliphatic rings. The molecule has 0 aromatic carbocycles. The van der Waals surface area contributed by atoms with Crippen molar-refractivity contribution in [2.24, 2.45) is 5.92 Å². The SMILES string of the molecule is CC1CCCC(CNCCCC2CCCO2)(N(C)C)C1. The lowest BCUT2D eigenvalue weighted by molar-refractivity contribution is 0.0741. The molecule has 118 valence electrons. The third-order valence-electron chi connectivity index (χ3n) is 5.37. The van der Waals surface area contributed by atoms with Gasteiger partial charge in [0.2, 0.25) is 0 Å². The Bertz CT molecular complexity index is 276. The molecule has 0 spiro atoms. The van der Waals surface area contributed by atoms with Gasteiger partial charge in [-0.3, -0.25) is 0 Å². The zero-order chi connectivity index (χ0) is 14.4. The van der Waals surface area contributed by atoms with Crippen LogP contribution >= 0.6 is 0 Å². The van der Waals surface area contributed by atoms with Crippen LogP contribution in [0.3, 0.4) is 0 Å². The summed E-state index contributed by atoms with van der Waals surface area (Å²) < 4.78 is 5.69. The summed E-state index contributed by atoms with van der Waals surface area (Å²) in [7, 11) is 4.51. The Kier molecular flexibility index (Phi) is 6.31. The number of hydrogen-bond acceptors (Lipinski definition) is 3. The van der Waals surface area contributed by atoms with E-state index in [0.717, 1.165) is 25.6 Å². The van der Waals surface area contributed by atoms with E-state index in [1.807, 2.05) is 0 Å². The van der Waals surface area contributed by atoms with Crippen molar-refractivity contribution < 1.29 is 4.74 Å². The molecule has 1 saturated carbocycles. The lowest BCUT2D eigenvalue weighted by Crippen LogP contribution is -2.54. The molecule has 3 unspecified atom stereocenters. The quantitative estimate of drug-likeness (QED) is 0.726. The smallest absolute Gasteiger partial charge is 0.0576 e. The summed E-state index contributed by atoms with van der Waals surface area (Å²) in [6.07, 6.45) is 11.1. The first kappa shape index (κ1) is 16.3. The van der Waals surface area contributed by atoms with Crippen molar-refractivity contribution in [2.75, 3.05) is 33.8 Å². The third-order valence-corrected chi connectivity index (χ3v) is 5.37. The van der Waals surface area contributed by atoms with Crippen LogP contribution in [0.2, 0.25) is 0 Å². The van der Waals surface area contributed by atoms with Gasteiger partial charge in [-0.15, -0.1) is 0 Å². The van der Waals surface area contributed by atoms with Crippen LogP contribution in [-0.4, -0.2) is 50.3 Å². The molecule has 3 heteroatoms. The van der Waals surface area contributed by atoms with Gasteiger partial charge in [0.05, 0.1) is 6.10 Å². The maximum absolute atomic E-state index is 5.69. The second-order valence-corrected chi connectivity index (χ2v) is 7.27. The van der Waals surface area contributed by atoms with E-state index in [2.05, 4.69) is 31.2 Å². The molecule has 0 aromatic heterocycles. The van der Waals surface area contributed by atoms with Crippen molar-refractivity contribution in [1.29, 1.82) is 0 Å². The number of hydrogen-bond donors (Lipinski definition) is 1. The van der Waals surface area contributed by atoms with E-state index in [4.69, 9.17) is 4.74 Å². The van der Waals surface area contributed by atoms with Crippen molar-refractivity contribution in [3.05, 3.63) is 0 Å². The number of rotatable bonds is 7. The van der Waals surface area contributed by atoms with Crippen LogP contribution in [0.4, 0.5) is 0 Å². The normalized spacial score (nSPS) is 34.8. The molecule has 2 fully saturated rings. The molecule has 0 amide bonds. The highest BCUT2D eigenvalue weighted by atomic mass is 16.5. The van der Waals surface area contributed by atoms with Crippen LogP contribution in [0.15, 0.2) is 0 Å². The van der Waals surface area contributed by atoms with Gasteiger partial charge < -0.3 is 15.0 Å². The van der Waals surface area contributed by atoms with E-state index in [0.29, 0.717) is 11.6 Å². The Labute approximate surface area is 125 Å². The van der Waals surface area contributed by atoms with Crippen LogP contribution in [0.1, 0.15) is 58.3 Å². The van der Waals surface area contributed by atoms with Crippen LogP contribution in [0.5, 0.6) is 0 Å². The van der Waals surface area contributed by atoms with Gasteiger partial charge in [-0.25, -0.2) is 0 Å². The van der Waals surface area contributed by atoms with Gasteiger partial charge in [0.15, 0.2) is 0 Å². The first-order valence-electron chi connectivity index (χ1n) is 8.62. The molecule has 1 aliphatic carbocycles. The molecule has 1 saturated heterocycles. The van der Waals surface area contributed by atoms with Crippen molar-refractivity contribution >= 4 is 0 Å². The van der Waals surface area contributed by atoms with E-state index in [1.165, 1.54) is 51.4 Å². The van der Waals surface area contributed by atoms with Crippen LogP contribution in [-0.2, 0) is 4.74 Å². The standard InChI is InChI=1S/C17H34N2O/c1-15-7-4-10-17(13-15,19(2)3)14-18-11-5-8-16-9-6-12-20-16/h15-16,18H,4-14H2,1-3H3. The summed E-state index contributed by atoms with van der Waals surface area (Å²) in [5, 5.41) is 3.72. The molecule has 3 atom stereocenters. The molecule has 20 heavy (non-hydrogen) atoms. The van der Waals surface area contributed by atoms with Gasteiger partial charge in [-0.1, -0.05) is 19.8 Å². The topological polar surface area (TPSA) is 24.5 Å². The molecule has 3 nitrogen and oxygen atoms in total. The zero-order valence-corrected chi connectivity index (χ0v) is 13.8. The van der Waals surface area contributed by atoms with Crippen molar-refractivity contribution in [1.82, 2.24) is 10.2 Å². The zero-order valence-electron chi connectivity index (χ0n) is 13.8. The van der Waals surface area contributed by atoms with Gasteiger partial charge >= 0.3 is 0 Å². The summed E-state index contributed by atoms with van der Waals surface area (Å²) in [6, 6.07) is 0. The molecular weight excluding hydrogens is 248 g/mol. The van der Waals surface area contributed by atoms with E-state index >= 15 is 0 Å². The second-order valence-electron chi connectivity index (χ2n) is 7.27. The molecule has 0 aromatic rings. The fourth-order valence-electron chi connectivity index (χ4n) is 4.01. The van der Waals surface area contributed by atoms with Crippen LogP contribution in [0, 0.1) is 5.92 Å². The Morgan fingerprint density at radius 2 is 2.10 bits per heavy atom. The number of likely N-dealkylation sites (N-methyl/N-ethyl adjacent to an activating group) is 1. The molecule has 0 bridgehead atoms. The first-order valence-corrected chi connectivity index (χ1v) is 8.62. The maximum Gasteiger partial charge on any atom is 0.0576 e. The minimum atomic E-state index is 0.390. The van der Waals surface area contributed by atoms with Crippen molar-refractivity contribution in [2.45, 2.75) is 69.9 Å². The van der Waals surface area contributed by atoms with E-state index in [1.54, 1.807) is 0 Å². The first-order chi connectivity index (χ1) is 9.62. The molecule has 1 N–H and O–H groups in total. The van der Waals surface area contributed by atoms with Gasteiger partial charge in [0, 0.05) is 18.7 Å². The third kappa shape index (κ3) is 4.44. The highest BCUT2D eigenvalue weighted by Crippen LogP contribution is 2.35. The van der Waals surface area contributed by atoms with E-state index in [-0.39, 0.29) is 0 Å². The number of nitrogens with zero attached hydrogens (tertiary/aromatic N) is 1. The lowest BCUT2D eigenvalue weighted by atomic mass is 9.75. The van der Waals surface area contributed by atoms with Crippen LogP contribution < -0.4 is 5.32 Å². The fraction of sp³-hybridized carbons (Fsp3) is 1.00. The highest BCUT2D eigenvalue weighted by Gasteiger charge is 2.36. The Balaban J connectivity index is 1.66. The summed E-state index contributed by atoms with van der Waals surface area (Å²) >= 11 is 0. The second kappa shape index (κ2) is 7.77. The minimum Gasteiger partial charge on any atom is -0.378 e. The summed E-state index contributed by atoms with van der Waals surface area (Å²) in [5.41, 5.74) is 0.390. The monoisotopic (exact) mass is 282 g/mol. The van der Waals surface area contributed by atoms with Gasteiger partial charge in [0.25, 0.3) is 0 Å². The average Bonchev–Trinajstić information content (AvgIpc) is 2.91. The maximum atomic E-state index is 5.69. The molecule has 2 rings (SSSR count). The van der Waals surface area contributed by atoms with E-state index in [9.17, 15) is 0 Å². The molecule has 1 aliphatic heterocycles.